The fourth-order valence-corrected chi connectivity index (χ4v) is 2.18. The Morgan fingerprint density at radius 1 is 1.29 bits per heavy atom. The van der Waals surface area contributed by atoms with Crippen LogP contribution in [0.15, 0.2) is 6.07 Å². The Balaban J connectivity index is 2.94. The van der Waals surface area contributed by atoms with Crippen molar-refractivity contribution in [3.63, 3.8) is 0 Å². The molecule has 0 radical (unpaired) electrons. The van der Waals surface area contributed by atoms with Crippen LogP contribution in [0, 0.1) is 13.8 Å². The number of nitrogens with one attached hydrogen (secondary N) is 1. The number of aryl methyl sites for hydroxylation is 2. The van der Waals surface area contributed by atoms with Crippen molar-refractivity contribution in [2.75, 3.05) is 31.7 Å². The van der Waals surface area contributed by atoms with Gasteiger partial charge in [0.1, 0.15) is 5.82 Å². The second kappa shape index (κ2) is 7.76. The Morgan fingerprint density at radius 2 is 1.95 bits per heavy atom. The number of rotatable bonds is 7. The molecule has 0 fully saturated rings. The van der Waals surface area contributed by atoms with Gasteiger partial charge in [-0.1, -0.05) is 0 Å². The van der Waals surface area contributed by atoms with Gasteiger partial charge in [0.25, 0.3) is 0 Å². The molecule has 0 saturated carbocycles. The first kappa shape index (κ1) is 17.9. The fraction of sp³-hybridized carbons (Fsp3) is 0.706. The third-order valence-corrected chi connectivity index (χ3v) is 3.39. The number of anilines is 1. The number of hydrogen-bond donors (Lipinski definition) is 1. The van der Waals surface area contributed by atoms with E-state index in [2.05, 4.69) is 51.0 Å². The number of aromatic nitrogens is 1. The largest absolute Gasteiger partial charge is 0.380 e. The summed E-state index contributed by atoms with van der Waals surface area (Å²) in [6, 6.07) is 2.15. The fourth-order valence-electron chi connectivity index (χ4n) is 2.18. The molecule has 0 atom stereocenters. The van der Waals surface area contributed by atoms with Crippen molar-refractivity contribution >= 4 is 5.82 Å². The molecule has 1 aromatic rings. The SMILES string of the molecule is CCOCCN(C)c1nc(C)cc(C)c1CNC(C)(C)C. The lowest BCUT2D eigenvalue weighted by atomic mass is 10.1. The van der Waals surface area contributed by atoms with E-state index in [9.17, 15) is 0 Å². The van der Waals surface area contributed by atoms with Crippen molar-refractivity contribution in [3.05, 3.63) is 22.9 Å². The summed E-state index contributed by atoms with van der Waals surface area (Å²) in [5.74, 6) is 1.06. The van der Waals surface area contributed by atoms with Crippen molar-refractivity contribution in [2.24, 2.45) is 0 Å². The van der Waals surface area contributed by atoms with Gasteiger partial charge in [-0.25, -0.2) is 4.98 Å². The molecule has 0 spiro atoms. The van der Waals surface area contributed by atoms with Gasteiger partial charge in [0.2, 0.25) is 0 Å². The van der Waals surface area contributed by atoms with Crippen LogP contribution in [-0.2, 0) is 11.3 Å². The van der Waals surface area contributed by atoms with Gasteiger partial charge in [0.15, 0.2) is 0 Å². The van der Waals surface area contributed by atoms with Crippen molar-refractivity contribution in [1.29, 1.82) is 0 Å². The van der Waals surface area contributed by atoms with Crippen molar-refractivity contribution in [1.82, 2.24) is 10.3 Å². The van der Waals surface area contributed by atoms with Gasteiger partial charge in [-0.3, -0.25) is 0 Å². The lowest BCUT2D eigenvalue weighted by Gasteiger charge is -2.26. The maximum Gasteiger partial charge on any atom is 0.133 e. The van der Waals surface area contributed by atoms with Crippen LogP contribution in [0.3, 0.4) is 0 Å². The minimum atomic E-state index is 0.0957. The standard InChI is InChI=1S/C17H31N3O/c1-8-21-10-9-20(7)16-15(12-18-17(4,5)6)13(2)11-14(3)19-16/h11,18H,8-10,12H2,1-7H3. The summed E-state index contributed by atoms with van der Waals surface area (Å²) in [6.07, 6.45) is 0. The first-order valence-corrected chi connectivity index (χ1v) is 7.75. The quantitative estimate of drug-likeness (QED) is 0.784. The van der Waals surface area contributed by atoms with Crippen LogP contribution in [0.5, 0.6) is 0 Å². The Kier molecular flexibility index (Phi) is 6.62. The Morgan fingerprint density at radius 3 is 2.52 bits per heavy atom. The van der Waals surface area contributed by atoms with Crippen molar-refractivity contribution < 1.29 is 4.74 Å². The average molecular weight is 293 g/mol. The molecule has 1 aromatic heterocycles. The Hall–Kier alpha value is -1.13. The molecule has 0 unspecified atom stereocenters. The number of pyridine rings is 1. The van der Waals surface area contributed by atoms with E-state index in [1.165, 1.54) is 11.1 Å². The van der Waals surface area contributed by atoms with E-state index in [1.807, 2.05) is 13.8 Å². The highest BCUT2D eigenvalue weighted by atomic mass is 16.5. The molecule has 4 heteroatoms. The van der Waals surface area contributed by atoms with E-state index in [0.717, 1.165) is 37.8 Å². The van der Waals surface area contributed by atoms with Gasteiger partial charge < -0.3 is 15.0 Å². The summed E-state index contributed by atoms with van der Waals surface area (Å²) in [5.41, 5.74) is 3.72. The summed E-state index contributed by atoms with van der Waals surface area (Å²) < 4.78 is 5.46. The van der Waals surface area contributed by atoms with Crippen LogP contribution in [0.4, 0.5) is 5.82 Å². The Bertz CT molecular complexity index is 452. The summed E-state index contributed by atoms with van der Waals surface area (Å²) in [4.78, 5) is 6.93. The summed E-state index contributed by atoms with van der Waals surface area (Å²) in [5, 5.41) is 3.56. The predicted molar refractivity (Wildman–Crippen MR) is 90.1 cm³/mol. The average Bonchev–Trinajstić information content (AvgIpc) is 2.35. The summed E-state index contributed by atoms with van der Waals surface area (Å²) in [6.45, 7) is 16.0. The molecule has 1 rings (SSSR count). The van der Waals surface area contributed by atoms with Gasteiger partial charge >= 0.3 is 0 Å². The highest BCUT2D eigenvalue weighted by Crippen LogP contribution is 2.22. The van der Waals surface area contributed by atoms with E-state index in [4.69, 9.17) is 9.72 Å². The molecule has 1 N–H and O–H groups in total. The molecule has 0 bridgehead atoms. The van der Waals surface area contributed by atoms with Gasteiger partial charge in [-0.2, -0.15) is 0 Å². The normalized spacial score (nSPS) is 11.8. The van der Waals surface area contributed by atoms with Gasteiger partial charge in [-0.15, -0.1) is 0 Å². The topological polar surface area (TPSA) is 37.4 Å². The van der Waals surface area contributed by atoms with E-state index in [-0.39, 0.29) is 5.54 Å². The number of likely N-dealkylation sites (N-methyl/N-ethyl adjacent to an activating group) is 1. The molecule has 0 saturated heterocycles. The number of ether oxygens (including phenoxy) is 1. The number of nitrogens with zero attached hydrogens (tertiary/aromatic N) is 2. The highest BCUT2D eigenvalue weighted by molar-refractivity contribution is 5.51. The second-order valence-corrected chi connectivity index (χ2v) is 6.60. The third-order valence-electron chi connectivity index (χ3n) is 3.39. The van der Waals surface area contributed by atoms with Crippen LogP contribution < -0.4 is 10.2 Å². The third kappa shape index (κ3) is 6.02. The number of hydrogen-bond acceptors (Lipinski definition) is 4. The molecular formula is C17H31N3O. The van der Waals surface area contributed by atoms with Gasteiger partial charge in [0.05, 0.1) is 6.61 Å². The van der Waals surface area contributed by atoms with E-state index < -0.39 is 0 Å². The van der Waals surface area contributed by atoms with Crippen LogP contribution >= 0.6 is 0 Å². The highest BCUT2D eigenvalue weighted by Gasteiger charge is 2.16. The molecule has 4 nitrogen and oxygen atoms in total. The second-order valence-electron chi connectivity index (χ2n) is 6.60. The summed E-state index contributed by atoms with van der Waals surface area (Å²) in [7, 11) is 2.08. The molecule has 21 heavy (non-hydrogen) atoms. The maximum absolute atomic E-state index is 5.46. The van der Waals surface area contributed by atoms with E-state index >= 15 is 0 Å². The van der Waals surface area contributed by atoms with E-state index in [1.54, 1.807) is 0 Å². The Labute approximate surface area is 129 Å². The van der Waals surface area contributed by atoms with Crippen molar-refractivity contribution in [2.45, 2.75) is 53.6 Å². The molecule has 0 aliphatic heterocycles. The molecule has 0 aliphatic carbocycles. The zero-order valence-corrected chi connectivity index (χ0v) is 14.7. The molecular weight excluding hydrogens is 262 g/mol. The van der Waals surface area contributed by atoms with Crippen LogP contribution in [0.2, 0.25) is 0 Å². The van der Waals surface area contributed by atoms with Gasteiger partial charge in [0, 0.05) is 43.5 Å². The molecule has 1 heterocycles. The maximum atomic E-state index is 5.46. The van der Waals surface area contributed by atoms with E-state index in [0.29, 0.717) is 0 Å². The monoisotopic (exact) mass is 293 g/mol. The van der Waals surface area contributed by atoms with Gasteiger partial charge in [-0.05, 0) is 53.2 Å². The first-order chi connectivity index (χ1) is 9.74. The molecule has 0 aliphatic rings. The van der Waals surface area contributed by atoms with Crippen molar-refractivity contribution in [3.8, 4) is 0 Å². The van der Waals surface area contributed by atoms with Crippen LogP contribution in [0.1, 0.15) is 44.5 Å². The zero-order valence-electron chi connectivity index (χ0n) is 14.7. The lowest BCUT2D eigenvalue weighted by molar-refractivity contribution is 0.154. The first-order valence-electron chi connectivity index (χ1n) is 7.75. The lowest BCUT2D eigenvalue weighted by Crippen LogP contribution is -2.36. The predicted octanol–water partition coefficient (Wildman–Crippen LogP) is 3.06. The zero-order chi connectivity index (χ0) is 16.0. The minimum absolute atomic E-state index is 0.0957. The molecule has 120 valence electrons. The van der Waals surface area contributed by atoms with Crippen LogP contribution in [-0.4, -0.2) is 37.3 Å². The smallest absolute Gasteiger partial charge is 0.133 e. The summed E-state index contributed by atoms with van der Waals surface area (Å²) >= 11 is 0. The molecule has 0 aromatic carbocycles. The molecule has 0 amide bonds. The minimum Gasteiger partial charge on any atom is -0.380 e. The van der Waals surface area contributed by atoms with Crippen LogP contribution in [0.25, 0.3) is 0 Å².